The van der Waals surface area contributed by atoms with E-state index in [1.165, 1.54) is 21.5 Å². The molecule has 17 nitrogen and oxygen atoms in total. The molecule has 56 heavy (non-hydrogen) atoms. The minimum absolute atomic E-state index is 0.110. The van der Waals surface area contributed by atoms with Gasteiger partial charge < -0.3 is 23.1 Å². The zero-order chi connectivity index (χ0) is 41.6. The zero-order valence-electron chi connectivity index (χ0n) is 35.0. The molecular weight excluding hydrogens is 782 g/mol. The summed E-state index contributed by atoms with van der Waals surface area (Å²) >= 11 is 0. The molecule has 5 rings (SSSR count). The molecule has 0 bridgehead atoms. The van der Waals surface area contributed by atoms with E-state index >= 15 is 4.57 Å². The molecule has 7 atom stereocenters. The summed E-state index contributed by atoms with van der Waals surface area (Å²) < 4.78 is 64.5. The number of nitrogens with zero attached hydrogens (tertiary/aromatic N) is 3. The Hall–Kier alpha value is -2.30. The summed E-state index contributed by atoms with van der Waals surface area (Å²) in [6.45, 7) is 25.5. The maximum absolute atomic E-state index is 15.3. The predicted molar refractivity (Wildman–Crippen MR) is 215 cm³/mol. The minimum Gasteiger partial charge on any atom is -0.414 e. The number of H-pyrrole nitrogens is 2. The lowest BCUT2D eigenvalue weighted by molar-refractivity contribution is -0.0561. The monoisotopic (exact) mass is 843 g/mol. The van der Waals surface area contributed by atoms with E-state index in [1.54, 1.807) is 18.5 Å². The van der Waals surface area contributed by atoms with Crippen molar-refractivity contribution < 1.29 is 36.7 Å². The molecule has 3 aliphatic heterocycles. The number of aryl methyl sites for hydroxylation is 2. The van der Waals surface area contributed by atoms with Crippen molar-refractivity contribution in [1.82, 2.24) is 23.8 Å². The second-order valence-electron chi connectivity index (χ2n) is 18.1. The van der Waals surface area contributed by atoms with Crippen LogP contribution < -0.4 is 22.5 Å². The van der Waals surface area contributed by atoms with Crippen molar-refractivity contribution in [3.05, 3.63) is 65.2 Å². The van der Waals surface area contributed by atoms with Crippen molar-refractivity contribution in [1.29, 1.82) is 0 Å². The number of hydrogen-bond donors (Lipinski definition) is 2. The van der Waals surface area contributed by atoms with E-state index in [1.807, 2.05) is 0 Å². The van der Waals surface area contributed by atoms with E-state index < -0.39 is 83.8 Å². The van der Waals surface area contributed by atoms with Gasteiger partial charge in [-0.1, -0.05) is 41.5 Å². The van der Waals surface area contributed by atoms with Crippen molar-refractivity contribution in [2.24, 2.45) is 0 Å². The van der Waals surface area contributed by atoms with Crippen molar-refractivity contribution >= 4 is 24.4 Å². The Morgan fingerprint density at radius 3 is 1.70 bits per heavy atom. The molecular formula is C36H62N5O12PSi2. The first-order valence-corrected chi connectivity index (χ1v) is 26.7. The average molecular weight is 844 g/mol. The molecule has 0 aromatic carbocycles. The Kier molecular flexibility index (Phi) is 13.4. The Labute approximate surface area is 330 Å². The maximum Gasteiger partial charge on any atom is 0.408 e. The number of ether oxygens (including phenoxy) is 3. The van der Waals surface area contributed by atoms with Crippen molar-refractivity contribution in [2.75, 3.05) is 39.5 Å². The quantitative estimate of drug-likeness (QED) is 0.211. The van der Waals surface area contributed by atoms with Crippen molar-refractivity contribution in [3.8, 4) is 0 Å². The third-order valence-electron chi connectivity index (χ3n) is 11.9. The van der Waals surface area contributed by atoms with Gasteiger partial charge in [0.15, 0.2) is 16.6 Å². The van der Waals surface area contributed by atoms with Crippen LogP contribution in [0.3, 0.4) is 0 Å². The number of rotatable bonds is 13. The van der Waals surface area contributed by atoms with Crippen LogP contribution in [0.5, 0.6) is 0 Å². The minimum atomic E-state index is -4.16. The highest BCUT2D eigenvalue weighted by atomic mass is 31.2. The summed E-state index contributed by atoms with van der Waals surface area (Å²) in [6.07, 6.45) is -1.23. The Morgan fingerprint density at radius 1 is 0.750 bits per heavy atom. The number of aromatic nitrogens is 4. The molecule has 2 N–H and O–H groups in total. The van der Waals surface area contributed by atoms with Crippen LogP contribution in [-0.4, -0.2) is 104 Å². The second kappa shape index (κ2) is 16.8. The molecule has 0 aliphatic carbocycles. The van der Waals surface area contributed by atoms with E-state index in [-0.39, 0.29) is 49.2 Å². The smallest absolute Gasteiger partial charge is 0.408 e. The van der Waals surface area contributed by atoms with Gasteiger partial charge in [0, 0.05) is 49.5 Å². The van der Waals surface area contributed by atoms with Crippen molar-refractivity contribution in [2.45, 2.75) is 141 Å². The zero-order valence-corrected chi connectivity index (χ0v) is 37.9. The highest BCUT2D eigenvalue weighted by Crippen LogP contribution is 2.56. The fourth-order valence-electron chi connectivity index (χ4n) is 6.26. The van der Waals surface area contributed by atoms with Gasteiger partial charge in [-0.2, -0.15) is 0 Å². The van der Waals surface area contributed by atoms with Crippen LogP contribution in [0.15, 0.2) is 31.6 Å². The third-order valence-corrected chi connectivity index (χ3v) is 23.1. The van der Waals surface area contributed by atoms with Crippen LogP contribution in [0.4, 0.5) is 0 Å². The predicted octanol–water partition coefficient (Wildman–Crippen LogP) is 4.53. The van der Waals surface area contributed by atoms with Gasteiger partial charge in [-0.15, -0.1) is 0 Å². The maximum atomic E-state index is 15.3. The summed E-state index contributed by atoms with van der Waals surface area (Å²) in [6, 6.07) is 0. The van der Waals surface area contributed by atoms with Gasteiger partial charge in [0.25, 0.3) is 11.1 Å². The molecule has 2 aromatic rings. The molecule has 20 heteroatoms. The molecule has 5 heterocycles. The summed E-state index contributed by atoms with van der Waals surface area (Å²) in [5.41, 5.74) is -1.54. The summed E-state index contributed by atoms with van der Waals surface area (Å²) in [5, 5.41) is -0.261. The van der Waals surface area contributed by atoms with Gasteiger partial charge >= 0.3 is 19.1 Å². The summed E-state index contributed by atoms with van der Waals surface area (Å²) in [5.74, 6) is 0. The lowest BCUT2D eigenvalue weighted by atomic mass is 10.2. The summed E-state index contributed by atoms with van der Waals surface area (Å²) in [7, 11) is -8.85. The average Bonchev–Trinajstić information content (AvgIpc) is 3.68. The second-order valence-corrected chi connectivity index (χ2v) is 29.7. The highest BCUT2D eigenvalue weighted by Gasteiger charge is 2.50. The van der Waals surface area contributed by atoms with E-state index in [2.05, 4.69) is 77.7 Å². The topological polar surface area (TPSA) is 195 Å². The first-order chi connectivity index (χ1) is 25.8. The molecule has 3 aliphatic rings. The van der Waals surface area contributed by atoms with Gasteiger partial charge in [0.05, 0.1) is 32.5 Å². The van der Waals surface area contributed by atoms with Crippen LogP contribution in [0.25, 0.3) is 0 Å². The number of nitrogens with one attached hydrogen (secondary N) is 2. The van der Waals surface area contributed by atoms with Crippen LogP contribution in [0.2, 0.25) is 36.3 Å². The molecule has 0 amide bonds. The first-order valence-electron chi connectivity index (χ1n) is 19.3. The SMILES string of the molecule is Cc1cn([C@H]2C[C@H](O[Si](C)(C)C(C)(C)C)[C@@H](COP(=O)(O[C@H]3C[C@H](n4cc(C)c(=O)[nH]c4=O)O[C@@H]3CO[Si](C)(C)C(C)(C)C)N3CCOCC3)O2)c(=O)[nH]c1=O. The molecule has 2 aromatic heterocycles. The first kappa shape index (κ1) is 44.8. The summed E-state index contributed by atoms with van der Waals surface area (Å²) in [4.78, 5) is 55.1. The third kappa shape index (κ3) is 9.93. The van der Waals surface area contributed by atoms with Gasteiger partial charge in [0.1, 0.15) is 30.8 Å². The molecule has 0 spiro atoms. The standard InChI is InChI=1S/C36H62N5O12PSi2/c1-23-19-40(33(44)37-31(23)42)29-17-25(28(51-29)22-49-55(9,10)35(3,4)5)52-54(46,39-13-15-47-16-14-39)48-21-27-26(53-56(11,12)36(6,7)8)18-30(50-27)41-20-24(2)32(43)38-34(41)45/h19-20,25-30H,13-18,21-22H2,1-12H3,(H,37,42,44)(H,38,43,45)/t25-,26-,27+,28+,29+,30+,54?/m0/s1. The fourth-order valence-corrected chi connectivity index (χ4v) is 10.5. The van der Waals surface area contributed by atoms with Crippen LogP contribution in [-0.2, 0) is 36.7 Å². The number of aromatic amines is 2. The number of morpholine rings is 1. The largest absolute Gasteiger partial charge is 0.414 e. The lowest BCUT2D eigenvalue weighted by Gasteiger charge is -2.40. The molecule has 316 valence electrons. The lowest BCUT2D eigenvalue weighted by Crippen LogP contribution is -2.47. The molecule has 0 radical (unpaired) electrons. The van der Waals surface area contributed by atoms with E-state index in [4.69, 9.17) is 32.1 Å². The Bertz CT molecular complexity index is 2000. The van der Waals surface area contributed by atoms with Crippen LogP contribution in [0, 0.1) is 13.8 Å². The van der Waals surface area contributed by atoms with Gasteiger partial charge in [-0.3, -0.25) is 37.7 Å². The molecule has 0 saturated carbocycles. The fraction of sp³-hybridized carbons (Fsp3) is 0.778. The Morgan fingerprint density at radius 2 is 1.21 bits per heavy atom. The van der Waals surface area contributed by atoms with Crippen molar-refractivity contribution in [3.63, 3.8) is 0 Å². The van der Waals surface area contributed by atoms with Crippen LogP contribution in [0.1, 0.15) is 78.0 Å². The van der Waals surface area contributed by atoms with E-state index in [0.717, 1.165) is 0 Å². The Balaban J connectivity index is 1.46. The number of hydrogen-bond acceptors (Lipinski definition) is 12. The van der Waals surface area contributed by atoms with E-state index in [0.29, 0.717) is 24.3 Å². The van der Waals surface area contributed by atoms with Crippen LogP contribution >= 0.6 is 7.75 Å². The van der Waals surface area contributed by atoms with Gasteiger partial charge in [-0.25, -0.2) is 18.8 Å². The van der Waals surface area contributed by atoms with Gasteiger partial charge in [-0.05, 0) is 50.1 Å². The molecule has 3 fully saturated rings. The van der Waals surface area contributed by atoms with Gasteiger partial charge in [0.2, 0.25) is 0 Å². The molecule has 1 unspecified atom stereocenters. The molecule has 3 saturated heterocycles. The van der Waals surface area contributed by atoms with E-state index in [9.17, 15) is 19.2 Å². The highest BCUT2D eigenvalue weighted by molar-refractivity contribution is 7.51. The normalized spacial score (nSPS) is 26.8.